The molecule has 2 fully saturated rings. The smallest absolute Gasteiger partial charge is 0.230 e. The first-order valence-electron chi connectivity index (χ1n) is 7.69. The molecule has 2 saturated heterocycles. The van der Waals surface area contributed by atoms with Gasteiger partial charge in [-0.2, -0.15) is 0 Å². The zero-order chi connectivity index (χ0) is 14.9. The van der Waals surface area contributed by atoms with Gasteiger partial charge >= 0.3 is 0 Å². The van der Waals surface area contributed by atoms with Crippen LogP contribution in [0.15, 0.2) is 30.3 Å². The quantitative estimate of drug-likeness (QED) is 0.845. The van der Waals surface area contributed by atoms with Crippen LogP contribution in [0.5, 0.6) is 0 Å². The highest BCUT2D eigenvalue weighted by Gasteiger charge is 2.47. The number of rotatable bonds is 2. The van der Waals surface area contributed by atoms with Gasteiger partial charge < -0.3 is 0 Å². The fourth-order valence-corrected chi connectivity index (χ4v) is 3.77. The van der Waals surface area contributed by atoms with Crippen molar-refractivity contribution in [2.75, 3.05) is 13.1 Å². The van der Waals surface area contributed by atoms with E-state index in [9.17, 15) is 9.59 Å². The first kappa shape index (κ1) is 14.3. The number of carbonyl (C=O) groups excluding carboxylic acids is 2. The number of nitrogens with one attached hydrogen (secondary N) is 1. The van der Waals surface area contributed by atoms with Gasteiger partial charge in [0.1, 0.15) is 0 Å². The lowest BCUT2D eigenvalue weighted by Gasteiger charge is -2.47. The third kappa shape index (κ3) is 2.86. The van der Waals surface area contributed by atoms with Gasteiger partial charge in [-0.1, -0.05) is 37.3 Å². The Morgan fingerprint density at radius 3 is 2.81 bits per heavy atom. The predicted molar refractivity (Wildman–Crippen MR) is 80.3 cm³/mol. The lowest BCUT2D eigenvalue weighted by Crippen LogP contribution is -2.57. The molecule has 2 atom stereocenters. The lowest BCUT2D eigenvalue weighted by atomic mass is 9.66. The van der Waals surface area contributed by atoms with Crippen LogP contribution in [0.25, 0.3) is 0 Å². The van der Waals surface area contributed by atoms with Crippen molar-refractivity contribution in [3.8, 4) is 0 Å². The fourth-order valence-electron chi connectivity index (χ4n) is 3.77. The van der Waals surface area contributed by atoms with E-state index in [2.05, 4.69) is 34.5 Å². The number of imide groups is 1. The molecule has 0 aliphatic carbocycles. The number of nitrogens with zero attached hydrogens (tertiary/aromatic N) is 1. The van der Waals surface area contributed by atoms with E-state index in [-0.39, 0.29) is 23.1 Å². The first-order chi connectivity index (χ1) is 10.1. The summed E-state index contributed by atoms with van der Waals surface area (Å²) in [5.41, 5.74) is 1.11. The molecule has 2 unspecified atom stereocenters. The van der Waals surface area contributed by atoms with Crippen LogP contribution in [0.2, 0.25) is 0 Å². The van der Waals surface area contributed by atoms with Crippen molar-refractivity contribution in [1.82, 2.24) is 10.2 Å². The van der Waals surface area contributed by atoms with E-state index in [0.717, 1.165) is 32.5 Å². The van der Waals surface area contributed by atoms with E-state index < -0.39 is 0 Å². The molecule has 1 aromatic rings. The molecule has 112 valence electrons. The van der Waals surface area contributed by atoms with Crippen molar-refractivity contribution >= 4 is 11.8 Å². The van der Waals surface area contributed by atoms with Crippen LogP contribution < -0.4 is 5.32 Å². The Kier molecular flexibility index (Phi) is 3.81. The van der Waals surface area contributed by atoms with Crippen molar-refractivity contribution in [3.05, 3.63) is 35.9 Å². The molecule has 2 aliphatic rings. The molecule has 2 aliphatic heterocycles. The van der Waals surface area contributed by atoms with Crippen molar-refractivity contribution in [1.29, 1.82) is 0 Å². The maximum absolute atomic E-state index is 12.0. The highest BCUT2D eigenvalue weighted by Crippen LogP contribution is 2.42. The van der Waals surface area contributed by atoms with Gasteiger partial charge in [-0.3, -0.25) is 19.8 Å². The normalized spacial score (nSPS) is 30.4. The largest absolute Gasteiger partial charge is 0.298 e. The van der Waals surface area contributed by atoms with Gasteiger partial charge in [-0.15, -0.1) is 0 Å². The summed E-state index contributed by atoms with van der Waals surface area (Å²) in [6, 6.07) is 10.4. The van der Waals surface area contributed by atoms with Crippen molar-refractivity contribution in [3.63, 3.8) is 0 Å². The molecule has 2 amide bonds. The maximum Gasteiger partial charge on any atom is 0.230 e. The zero-order valence-electron chi connectivity index (χ0n) is 12.5. The Balaban J connectivity index is 1.75. The molecular weight excluding hydrogens is 264 g/mol. The maximum atomic E-state index is 12.0. The molecule has 1 spiro atoms. The summed E-state index contributed by atoms with van der Waals surface area (Å²) in [4.78, 5) is 26.2. The van der Waals surface area contributed by atoms with Gasteiger partial charge in [-0.25, -0.2) is 0 Å². The first-order valence-corrected chi connectivity index (χ1v) is 7.69. The van der Waals surface area contributed by atoms with Gasteiger partial charge in [0.2, 0.25) is 11.8 Å². The average Bonchev–Trinajstić information content (AvgIpc) is 2.46. The zero-order valence-corrected chi connectivity index (χ0v) is 12.5. The van der Waals surface area contributed by atoms with Crippen LogP contribution in [0, 0.1) is 11.3 Å². The fraction of sp³-hybridized carbons (Fsp3) is 0.529. The molecule has 0 radical (unpaired) electrons. The summed E-state index contributed by atoms with van der Waals surface area (Å²) >= 11 is 0. The van der Waals surface area contributed by atoms with Crippen LogP contribution in [-0.2, 0) is 16.1 Å². The van der Waals surface area contributed by atoms with Crippen LogP contribution in [0.4, 0.5) is 0 Å². The average molecular weight is 286 g/mol. The summed E-state index contributed by atoms with van der Waals surface area (Å²) in [6.45, 7) is 4.74. The SMILES string of the molecule is CC1C(=O)NC(=O)CC12CCCN(Cc1ccccc1)C2. The van der Waals surface area contributed by atoms with E-state index in [0.29, 0.717) is 6.42 Å². The molecule has 1 N–H and O–H groups in total. The number of hydrogen-bond acceptors (Lipinski definition) is 3. The topological polar surface area (TPSA) is 49.4 Å². The van der Waals surface area contributed by atoms with E-state index in [1.165, 1.54) is 5.56 Å². The summed E-state index contributed by atoms with van der Waals surface area (Å²) in [6.07, 6.45) is 2.50. The molecule has 3 rings (SSSR count). The second-order valence-corrected chi connectivity index (χ2v) is 6.47. The Bertz CT molecular complexity index is 543. The van der Waals surface area contributed by atoms with E-state index >= 15 is 0 Å². The van der Waals surface area contributed by atoms with E-state index in [4.69, 9.17) is 0 Å². The second-order valence-electron chi connectivity index (χ2n) is 6.47. The molecule has 4 nitrogen and oxygen atoms in total. The van der Waals surface area contributed by atoms with Crippen molar-refractivity contribution in [2.24, 2.45) is 11.3 Å². The molecule has 21 heavy (non-hydrogen) atoms. The predicted octanol–water partition coefficient (Wildman–Crippen LogP) is 1.95. The van der Waals surface area contributed by atoms with Crippen molar-refractivity contribution in [2.45, 2.75) is 32.7 Å². The Morgan fingerprint density at radius 1 is 1.29 bits per heavy atom. The van der Waals surface area contributed by atoms with Gasteiger partial charge in [0.25, 0.3) is 0 Å². The van der Waals surface area contributed by atoms with E-state index in [1.54, 1.807) is 0 Å². The molecule has 0 bridgehead atoms. The Labute approximate surface area is 125 Å². The van der Waals surface area contributed by atoms with Crippen LogP contribution in [0.3, 0.4) is 0 Å². The molecule has 4 heteroatoms. The van der Waals surface area contributed by atoms with Crippen LogP contribution in [-0.4, -0.2) is 29.8 Å². The highest BCUT2D eigenvalue weighted by atomic mass is 16.2. The third-order valence-corrected chi connectivity index (χ3v) is 5.02. The van der Waals surface area contributed by atoms with Gasteiger partial charge in [-0.05, 0) is 24.9 Å². The number of piperidine rings is 2. The van der Waals surface area contributed by atoms with Crippen molar-refractivity contribution < 1.29 is 9.59 Å². The van der Waals surface area contributed by atoms with Gasteiger partial charge in [0.15, 0.2) is 0 Å². The molecule has 0 aromatic heterocycles. The summed E-state index contributed by atoms with van der Waals surface area (Å²) in [5.74, 6) is -0.304. The minimum absolute atomic E-state index is 0.0891. The molecule has 2 heterocycles. The van der Waals surface area contributed by atoms with Crippen LogP contribution >= 0.6 is 0 Å². The highest BCUT2D eigenvalue weighted by molar-refractivity contribution is 5.99. The number of amides is 2. The number of benzene rings is 1. The standard InChI is InChI=1S/C17H22N2O2/c1-13-16(21)18-15(20)10-17(13)8-5-9-19(12-17)11-14-6-3-2-4-7-14/h2-4,6-7,13H,5,8-12H2,1H3,(H,18,20,21). The molecular formula is C17H22N2O2. The van der Waals surface area contributed by atoms with Gasteiger partial charge in [0.05, 0.1) is 0 Å². The Morgan fingerprint density at radius 2 is 2.05 bits per heavy atom. The number of carbonyl (C=O) groups is 2. The second kappa shape index (κ2) is 5.60. The monoisotopic (exact) mass is 286 g/mol. The Hall–Kier alpha value is -1.68. The van der Waals surface area contributed by atoms with E-state index in [1.807, 2.05) is 13.0 Å². The lowest BCUT2D eigenvalue weighted by molar-refractivity contribution is -0.146. The summed E-state index contributed by atoms with van der Waals surface area (Å²) in [5, 5.41) is 2.47. The van der Waals surface area contributed by atoms with Gasteiger partial charge in [0, 0.05) is 30.8 Å². The number of hydrogen-bond donors (Lipinski definition) is 1. The minimum atomic E-state index is -0.174. The van der Waals surface area contributed by atoms with Crippen LogP contribution in [0.1, 0.15) is 31.7 Å². The molecule has 1 aromatic carbocycles. The summed E-state index contributed by atoms with van der Waals surface area (Å²) < 4.78 is 0. The third-order valence-electron chi connectivity index (χ3n) is 5.02. The molecule has 0 saturated carbocycles. The summed E-state index contributed by atoms with van der Waals surface area (Å²) in [7, 11) is 0. The number of likely N-dealkylation sites (tertiary alicyclic amines) is 1. The minimum Gasteiger partial charge on any atom is -0.298 e.